The van der Waals surface area contributed by atoms with E-state index in [0.717, 1.165) is 39.0 Å². The number of nitrogens with zero attached hydrogens (tertiary/aromatic N) is 1. The fourth-order valence-corrected chi connectivity index (χ4v) is 2.67. The van der Waals surface area contributed by atoms with Crippen LogP contribution in [-0.2, 0) is 6.42 Å². The Labute approximate surface area is 133 Å². The SMILES string of the molecule is CCCNC(CCN(CC)CC)Cc1cccc(Cl)c1F. The van der Waals surface area contributed by atoms with Gasteiger partial charge in [0.2, 0.25) is 0 Å². The van der Waals surface area contributed by atoms with Gasteiger partial charge in [-0.15, -0.1) is 0 Å². The summed E-state index contributed by atoms with van der Waals surface area (Å²) in [7, 11) is 0. The van der Waals surface area contributed by atoms with E-state index in [1.807, 2.05) is 12.1 Å². The van der Waals surface area contributed by atoms with Gasteiger partial charge in [-0.2, -0.15) is 0 Å². The zero-order valence-corrected chi connectivity index (χ0v) is 14.2. The summed E-state index contributed by atoms with van der Waals surface area (Å²) in [5, 5.41) is 3.75. The molecule has 2 nitrogen and oxygen atoms in total. The summed E-state index contributed by atoms with van der Waals surface area (Å²) >= 11 is 5.87. The first-order valence-corrected chi connectivity index (χ1v) is 8.38. The zero-order valence-electron chi connectivity index (χ0n) is 13.5. The molecule has 0 aromatic heterocycles. The molecule has 1 aromatic rings. The van der Waals surface area contributed by atoms with Crippen molar-refractivity contribution >= 4 is 11.6 Å². The minimum absolute atomic E-state index is 0.213. The summed E-state index contributed by atoms with van der Waals surface area (Å²) in [6, 6.07) is 5.55. The van der Waals surface area contributed by atoms with Gasteiger partial charge in [-0.3, -0.25) is 0 Å². The molecule has 0 aliphatic heterocycles. The summed E-state index contributed by atoms with van der Waals surface area (Å²) in [6.07, 6.45) is 2.79. The molecule has 0 radical (unpaired) electrons. The van der Waals surface area contributed by atoms with Gasteiger partial charge in [0.15, 0.2) is 0 Å². The molecule has 1 N–H and O–H groups in total. The third-order valence-corrected chi connectivity index (χ3v) is 4.16. The van der Waals surface area contributed by atoms with Crippen LogP contribution >= 0.6 is 11.6 Å². The van der Waals surface area contributed by atoms with Crippen LogP contribution in [0.3, 0.4) is 0 Å². The van der Waals surface area contributed by atoms with E-state index in [1.54, 1.807) is 6.07 Å². The highest BCUT2D eigenvalue weighted by molar-refractivity contribution is 6.30. The lowest BCUT2D eigenvalue weighted by atomic mass is 10.0. The molecule has 0 fully saturated rings. The summed E-state index contributed by atoms with van der Waals surface area (Å²) in [4.78, 5) is 2.40. The van der Waals surface area contributed by atoms with E-state index in [1.165, 1.54) is 0 Å². The molecule has 120 valence electrons. The Kier molecular flexibility index (Phi) is 8.90. The molecule has 1 unspecified atom stereocenters. The van der Waals surface area contributed by atoms with Crippen LogP contribution < -0.4 is 5.32 Å². The summed E-state index contributed by atoms with van der Waals surface area (Å²) in [6.45, 7) is 10.6. The van der Waals surface area contributed by atoms with Crippen LogP contribution in [0.25, 0.3) is 0 Å². The maximum atomic E-state index is 14.0. The number of benzene rings is 1. The Morgan fingerprint density at radius 3 is 2.57 bits per heavy atom. The van der Waals surface area contributed by atoms with Crippen LogP contribution in [0.5, 0.6) is 0 Å². The molecule has 0 amide bonds. The fourth-order valence-electron chi connectivity index (χ4n) is 2.47. The van der Waals surface area contributed by atoms with Crippen LogP contribution in [0.2, 0.25) is 5.02 Å². The van der Waals surface area contributed by atoms with Gasteiger partial charge in [-0.1, -0.05) is 44.5 Å². The second-order valence-electron chi connectivity index (χ2n) is 5.38. The molecule has 1 atom stereocenters. The highest BCUT2D eigenvalue weighted by Crippen LogP contribution is 2.19. The van der Waals surface area contributed by atoms with Crippen molar-refractivity contribution in [3.05, 3.63) is 34.6 Å². The number of halogens is 2. The third-order valence-electron chi connectivity index (χ3n) is 3.87. The molecule has 1 aromatic carbocycles. The number of hydrogen-bond acceptors (Lipinski definition) is 2. The number of hydrogen-bond donors (Lipinski definition) is 1. The van der Waals surface area contributed by atoms with Crippen molar-refractivity contribution in [3.63, 3.8) is 0 Å². The Morgan fingerprint density at radius 2 is 1.95 bits per heavy atom. The molecule has 0 bridgehead atoms. The molecular formula is C17H28ClFN2. The van der Waals surface area contributed by atoms with Gasteiger partial charge >= 0.3 is 0 Å². The van der Waals surface area contributed by atoms with E-state index in [2.05, 4.69) is 31.0 Å². The fraction of sp³-hybridized carbons (Fsp3) is 0.647. The second kappa shape index (κ2) is 10.1. The van der Waals surface area contributed by atoms with E-state index < -0.39 is 0 Å². The van der Waals surface area contributed by atoms with E-state index in [9.17, 15) is 4.39 Å². The Morgan fingerprint density at radius 1 is 1.24 bits per heavy atom. The van der Waals surface area contributed by atoms with Gasteiger partial charge in [0.05, 0.1) is 5.02 Å². The Hall–Kier alpha value is -0.640. The maximum absolute atomic E-state index is 14.0. The van der Waals surface area contributed by atoms with Gasteiger partial charge in [0.25, 0.3) is 0 Å². The molecule has 0 aliphatic rings. The smallest absolute Gasteiger partial charge is 0.145 e. The normalized spacial score (nSPS) is 12.9. The van der Waals surface area contributed by atoms with Crippen molar-refractivity contribution in [3.8, 4) is 0 Å². The van der Waals surface area contributed by atoms with E-state index in [4.69, 9.17) is 11.6 Å². The molecule has 21 heavy (non-hydrogen) atoms. The maximum Gasteiger partial charge on any atom is 0.145 e. The van der Waals surface area contributed by atoms with Crippen molar-refractivity contribution in [1.29, 1.82) is 0 Å². The Bertz CT molecular complexity index is 408. The van der Waals surface area contributed by atoms with Crippen LogP contribution in [0, 0.1) is 5.82 Å². The minimum Gasteiger partial charge on any atom is -0.314 e. The molecule has 0 heterocycles. The lowest BCUT2D eigenvalue weighted by Gasteiger charge is -2.24. The molecule has 0 aliphatic carbocycles. The van der Waals surface area contributed by atoms with Crippen molar-refractivity contribution in [2.75, 3.05) is 26.2 Å². The van der Waals surface area contributed by atoms with Gasteiger partial charge in [-0.05, 0) is 57.1 Å². The minimum atomic E-state index is -0.273. The topological polar surface area (TPSA) is 15.3 Å². The van der Waals surface area contributed by atoms with E-state index in [-0.39, 0.29) is 10.8 Å². The monoisotopic (exact) mass is 314 g/mol. The first kappa shape index (κ1) is 18.4. The van der Waals surface area contributed by atoms with Crippen LogP contribution in [0.15, 0.2) is 18.2 Å². The van der Waals surface area contributed by atoms with Gasteiger partial charge in [0, 0.05) is 6.04 Å². The Balaban J connectivity index is 2.66. The van der Waals surface area contributed by atoms with E-state index >= 15 is 0 Å². The first-order chi connectivity index (χ1) is 10.1. The number of nitrogens with one attached hydrogen (secondary N) is 1. The molecule has 0 spiro atoms. The third kappa shape index (κ3) is 6.33. The highest BCUT2D eigenvalue weighted by Gasteiger charge is 2.14. The number of rotatable bonds is 10. The standard InChI is InChI=1S/C17H28ClFN2/c1-4-11-20-15(10-12-21(5-2)6-3)13-14-8-7-9-16(18)17(14)19/h7-9,15,20H,4-6,10-13H2,1-3H3. The van der Waals surface area contributed by atoms with Crippen LogP contribution in [0.4, 0.5) is 4.39 Å². The molecule has 4 heteroatoms. The largest absolute Gasteiger partial charge is 0.314 e. The van der Waals surface area contributed by atoms with Gasteiger partial charge < -0.3 is 10.2 Å². The van der Waals surface area contributed by atoms with Crippen molar-refractivity contribution in [2.24, 2.45) is 0 Å². The summed E-state index contributed by atoms with van der Waals surface area (Å²) in [5.41, 5.74) is 0.704. The van der Waals surface area contributed by atoms with Gasteiger partial charge in [-0.25, -0.2) is 4.39 Å². The van der Waals surface area contributed by atoms with E-state index in [0.29, 0.717) is 18.0 Å². The molecule has 0 saturated heterocycles. The quantitative estimate of drug-likeness (QED) is 0.699. The van der Waals surface area contributed by atoms with Crippen LogP contribution in [0.1, 0.15) is 39.2 Å². The molecule has 1 rings (SSSR count). The highest BCUT2D eigenvalue weighted by atomic mass is 35.5. The van der Waals surface area contributed by atoms with Crippen molar-refractivity contribution < 1.29 is 4.39 Å². The lowest BCUT2D eigenvalue weighted by molar-refractivity contribution is 0.280. The molecular weight excluding hydrogens is 287 g/mol. The zero-order chi connectivity index (χ0) is 15.7. The lowest BCUT2D eigenvalue weighted by Crippen LogP contribution is -2.36. The second-order valence-corrected chi connectivity index (χ2v) is 5.79. The summed E-state index contributed by atoms with van der Waals surface area (Å²) < 4.78 is 14.0. The van der Waals surface area contributed by atoms with Crippen molar-refractivity contribution in [1.82, 2.24) is 10.2 Å². The van der Waals surface area contributed by atoms with Crippen molar-refractivity contribution in [2.45, 2.75) is 46.1 Å². The first-order valence-electron chi connectivity index (χ1n) is 8.00. The van der Waals surface area contributed by atoms with Gasteiger partial charge in [0.1, 0.15) is 5.82 Å². The predicted molar refractivity (Wildman–Crippen MR) is 89.6 cm³/mol. The predicted octanol–water partition coefficient (Wildman–Crippen LogP) is 4.12. The molecule has 0 saturated carbocycles. The van der Waals surface area contributed by atoms with Crippen LogP contribution in [-0.4, -0.2) is 37.1 Å². The average molecular weight is 315 g/mol. The summed E-state index contributed by atoms with van der Waals surface area (Å²) in [5.74, 6) is -0.273. The average Bonchev–Trinajstić information content (AvgIpc) is 2.49.